The number of carbonyl (C=O) groups is 6. The summed E-state index contributed by atoms with van der Waals surface area (Å²) in [5.41, 5.74) is 0. The largest absolute Gasteiger partial charge is 0.470 e. The summed E-state index contributed by atoms with van der Waals surface area (Å²) in [6.45, 7) is 20.9. The van der Waals surface area contributed by atoms with E-state index in [2.05, 4.69) is 70.9 Å². The highest BCUT2D eigenvalue weighted by Crippen LogP contribution is 2.42. The SMILES string of the molecule is CCCCCCCCCCC[C@H](CC(=O)N[C@@H](CO)CO[C@H]1O[C@H](CO)[C@@H](OP(=O)(O)O)[C@H](OC(=O)C[C@@H](CCCCCCCCCCC)OC(=O)CCCCCCCCC)[C@@H]1NC(=O)C[C@@H](CCCCCCCCCCC)OC(=O)CCCCC)OC(=O)CCCCCCCCC.CCN(CC)CC. The lowest BCUT2D eigenvalue weighted by Crippen LogP contribution is -2.66. The van der Waals surface area contributed by atoms with E-state index in [1.165, 1.54) is 77.4 Å². The van der Waals surface area contributed by atoms with Crippen LogP contribution < -0.4 is 10.6 Å². The van der Waals surface area contributed by atoms with Crippen LogP contribution in [0.3, 0.4) is 0 Å². The highest BCUT2D eigenvalue weighted by molar-refractivity contribution is 7.46. The van der Waals surface area contributed by atoms with Gasteiger partial charge in [-0.05, 0) is 77.4 Å². The number of hydrogen-bond donors (Lipinski definition) is 6. The van der Waals surface area contributed by atoms with Crippen LogP contribution in [0.1, 0.15) is 403 Å². The zero-order valence-corrected chi connectivity index (χ0v) is 69.2. The lowest BCUT2D eigenvalue weighted by atomic mass is 9.95. The second kappa shape index (κ2) is 71.1. The molecule has 0 aromatic carbocycles. The average Bonchev–Trinajstić information content (AvgIpc) is 0.781. The fourth-order valence-electron chi connectivity index (χ4n) is 13.5. The highest BCUT2D eigenvalue weighted by Gasteiger charge is 2.52. The Balaban J connectivity index is 0.0000146. The van der Waals surface area contributed by atoms with Gasteiger partial charge in [0.15, 0.2) is 12.4 Å². The minimum Gasteiger partial charge on any atom is -0.462 e. The van der Waals surface area contributed by atoms with E-state index in [0.717, 1.165) is 193 Å². The number of nitrogens with zero attached hydrogens (tertiary/aromatic N) is 1. The van der Waals surface area contributed by atoms with Gasteiger partial charge in [0.05, 0.1) is 45.1 Å². The summed E-state index contributed by atoms with van der Waals surface area (Å²) < 4.78 is 55.0. The van der Waals surface area contributed by atoms with Gasteiger partial charge in [-0.15, -0.1) is 0 Å². The molecule has 1 saturated heterocycles. The number of nitrogens with one attached hydrogen (secondary N) is 2. The molecule has 0 spiro atoms. The number of esters is 4. The smallest absolute Gasteiger partial charge is 0.462 e. The zero-order chi connectivity index (χ0) is 77.8. The molecule has 0 bridgehead atoms. The molecule has 620 valence electrons. The normalized spacial score (nSPS) is 17.1. The Kier molecular flexibility index (Phi) is 68.9. The number of aliphatic hydroxyl groups is 2. The summed E-state index contributed by atoms with van der Waals surface area (Å²) in [5.74, 6) is -3.55. The molecule has 105 heavy (non-hydrogen) atoms. The maximum absolute atomic E-state index is 14.7. The van der Waals surface area contributed by atoms with Crippen LogP contribution in [0, 0.1) is 0 Å². The van der Waals surface area contributed by atoms with Crippen LogP contribution in [-0.2, 0) is 66.3 Å². The average molecular weight is 1520 g/mol. The van der Waals surface area contributed by atoms with E-state index in [0.29, 0.717) is 51.4 Å². The van der Waals surface area contributed by atoms with Gasteiger partial charge >= 0.3 is 31.7 Å². The molecule has 21 nitrogen and oxygen atoms in total. The summed E-state index contributed by atoms with van der Waals surface area (Å²) in [6.07, 6.45) is 35.7. The molecule has 1 aliphatic rings. The number of rotatable bonds is 72. The van der Waals surface area contributed by atoms with Crippen molar-refractivity contribution in [3.8, 4) is 0 Å². The second-order valence-electron chi connectivity index (χ2n) is 29.7. The Morgan fingerprint density at radius 1 is 0.410 bits per heavy atom. The molecular formula is C83H160N3O18P. The first kappa shape index (κ1) is 102. The van der Waals surface area contributed by atoms with Gasteiger partial charge < -0.3 is 64.0 Å². The molecule has 1 rings (SSSR count). The van der Waals surface area contributed by atoms with E-state index < -0.39 is 119 Å². The summed E-state index contributed by atoms with van der Waals surface area (Å²) in [4.78, 5) is 107. The van der Waals surface area contributed by atoms with Crippen molar-refractivity contribution in [3.63, 3.8) is 0 Å². The quantitative estimate of drug-likeness (QED) is 0.0143. The Hall–Kier alpha value is -3.27. The number of phosphoric acid groups is 1. The number of unbranched alkanes of at least 4 members (excludes halogenated alkanes) is 38. The summed E-state index contributed by atoms with van der Waals surface area (Å²) in [6, 6.07) is -2.80. The van der Waals surface area contributed by atoms with Crippen LogP contribution in [0.25, 0.3) is 0 Å². The molecule has 9 atom stereocenters. The molecule has 1 aliphatic heterocycles. The van der Waals surface area contributed by atoms with Crippen LogP contribution in [0.2, 0.25) is 0 Å². The van der Waals surface area contributed by atoms with Gasteiger partial charge in [0.2, 0.25) is 11.8 Å². The van der Waals surface area contributed by atoms with Crippen molar-refractivity contribution in [2.24, 2.45) is 0 Å². The van der Waals surface area contributed by atoms with Crippen molar-refractivity contribution in [1.82, 2.24) is 15.5 Å². The third-order valence-corrected chi connectivity index (χ3v) is 20.5. The molecule has 2 amide bonds. The van der Waals surface area contributed by atoms with Gasteiger partial charge in [-0.3, -0.25) is 33.3 Å². The van der Waals surface area contributed by atoms with Crippen molar-refractivity contribution >= 4 is 43.5 Å². The van der Waals surface area contributed by atoms with Crippen LogP contribution in [0.5, 0.6) is 0 Å². The Morgan fingerprint density at radius 2 is 0.724 bits per heavy atom. The lowest BCUT2D eigenvalue weighted by molar-refractivity contribution is -0.272. The molecule has 1 fully saturated rings. The molecule has 0 aromatic rings. The maximum Gasteiger partial charge on any atom is 0.470 e. The molecule has 0 radical (unpaired) electrons. The van der Waals surface area contributed by atoms with Crippen LogP contribution in [-0.4, -0.2) is 155 Å². The third kappa shape index (κ3) is 59.3. The molecule has 0 aliphatic carbocycles. The Bertz CT molecular complexity index is 2120. The first-order chi connectivity index (χ1) is 50.8. The highest BCUT2D eigenvalue weighted by atomic mass is 31.2. The maximum atomic E-state index is 14.7. The third-order valence-electron chi connectivity index (χ3n) is 20.0. The number of aliphatic hydroxyl groups excluding tert-OH is 2. The topological polar surface area (TPSA) is 292 Å². The molecule has 22 heteroatoms. The molecule has 0 saturated carbocycles. The van der Waals surface area contributed by atoms with E-state index in [1.54, 1.807) is 0 Å². The van der Waals surface area contributed by atoms with Gasteiger partial charge in [0.25, 0.3) is 0 Å². The fraction of sp³-hybridized carbons (Fsp3) is 0.928. The minimum atomic E-state index is -5.50. The summed E-state index contributed by atoms with van der Waals surface area (Å²) in [7, 11) is -5.50. The van der Waals surface area contributed by atoms with E-state index >= 15 is 0 Å². The van der Waals surface area contributed by atoms with Crippen molar-refractivity contribution in [1.29, 1.82) is 0 Å². The van der Waals surface area contributed by atoms with E-state index in [-0.39, 0.29) is 38.1 Å². The van der Waals surface area contributed by atoms with Gasteiger partial charge in [-0.2, -0.15) is 0 Å². The number of carbonyl (C=O) groups excluding carboxylic acids is 6. The van der Waals surface area contributed by atoms with Crippen LogP contribution in [0.15, 0.2) is 0 Å². The lowest BCUT2D eigenvalue weighted by Gasteiger charge is -2.45. The first-order valence-electron chi connectivity index (χ1n) is 43.1. The van der Waals surface area contributed by atoms with E-state index in [1.807, 2.05) is 6.92 Å². The predicted molar refractivity (Wildman–Crippen MR) is 421 cm³/mol. The summed E-state index contributed by atoms with van der Waals surface area (Å²) in [5, 5.41) is 27.3. The summed E-state index contributed by atoms with van der Waals surface area (Å²) >= 11 is 0. The molecular weight excluding hydrogens is 1360 g/mol. The standard InChI is InChI=1S/C77H145N2O18P.C6H15N/c1-7-13-19-24-29-32-37-40-46-51-64(92-71(85)55-49-43-35-27-22-16-10-4)57-68(82)78-63(60-80)62-91-77-74(79-69(83)58-65(93-70(84)54-45-18-12-6)52-47-41-38-33-30-25-20-14-8-2)76(75(67(61-81)95-77)97-98(88,89)90)96-73(87)59-66(53-48-42-39-34-31-26-21-15-9-3)94-72(86)56-50-44-36-28-23-17-11-5;1-4-7(5-2)6-3/h63-67,74-77,80-81H,7-62H2,1-6H3,(H,78,82)(H,79,83)(H2,88,89,90);4-6H2,1-3H3/t63-,64+,65+,66+,67+,74-,75+,76+,77-;/m0./s1. The van der Waals surface area contributed by atoms with Crippen molar-refractivity contribution in [3.05, 3.63) is 0 Å². The van der Waals surface area contributed by atoms with Crippen molar-refractivity contribution in [2.45, 2.75) is 458 Å². The van der Waals surface area contributed by atoms with E-state index in [4.69, 9.17) is 32.9 Å². The first-order valence-corrected chi connectivity index (χ1v) is 44.7. The molecule has 1 heterocycles. The molecule has 0 unspecified atom stereocenters. The minimum absolute atomic E-state index is 0.150. The van der Waals surface area contributed by atoms with Crippen LogP contribution in [0.4, 0.5) is 0 Å². The molecule has 0 aromatic heterocycles. The predicted octanol–water partition coefficient (Wildman–Crippen LogP) is 18.9. The second-order valence-corrected chi connectivity index (χ2v) is 30.9. The monoisotopic (exact) mass is 1520 g/mol. The zero-order valence-electron chi connectivity index (χ0n) is 68.3. The molecule has 6 N–H and O–H groups in total. The van der Waals surface area contributed by atoms with Gasteiger partial charge in [0.1, 0.15) is 36.6 Å². The van der Waals surface area contributed by atoms with Crippen LogP contribution >= 0.6 is 7.82 Å². The fourth-order valence-corrected chi connectivity index (χ4v) is 14.1. The Labute approximate surface area is 639 Å². The number of amides is 2. The van der Waals surface area contributed by atoms with Gasteiger partial charge in [-0.1, -0.05) is 306 Å². The number of phosphoric ester groups is 1. The number of ether oxygens (including phenoxy) is 6. The van der Waals surface area contributed by atoms with Gasteiger partial charge in [0, 0.05) is 19.3 Å². The number of hydrogen-bond acceptors (Lipinski definition) is 17. The van der Waals surface area contributed by atoms with Crippen molar-refractivity contribution in [2.75, 3.05) is 39.5 Å². The Morgan fingerprint density at radius 3 is 1.05 bits per heavy atom. The van der Waals surface area contributed by atoms with Gasteiger partial charge in [-0.25, -0.2) is 4.57 Å². The van der Waals surface area contributed by atoms with E-state index in [9.17, 15) is 53.3 Å². The van der Waals surface area contributed by atoms with Crippen molar-refractivity contribution < 1.29 is 86.3 Å².